The average molecular weight is 263 g/mol. The topological polar surface area (TPSA) is 94.9 Å². The van der Waals surface area contributed by atoms with Gasteiger partial charge in [-0.2, -0.15) is 4.31 Å². The molecule has 1 saturated heterocycles. The summed E-state index contributed by atoms with van der Waals surface area (Å²) in [4.78, 5) is 11.0. The second kappa shape index (κ2) is 4.55. The predicted octanol–water partition coefficient (Wildman–Crippen LogP) is -0.221. The van der Waals surface area contributed by atoms with Crippen molar-refractivity contribution in [3.8, 4) is 0 Å². The van der Waals surface area contributed by atoms with Gasteiger partial charge in [0.1, 0.15) is 6.04 Å². The number of aliphatic hydroxyl groups excluding tert-OH is 1. The van der Waals surface area contributed by atoms with Gasteiger partial charge >= 0.3 is 5.97 Å². The summed E-state index contributed by atoms with van der Waals surface area (Å²) in [7, 11) is -3.57. The van der Waals surface area contributed by atoms with Crippen LogP contribution in [0, 0.1) is 0 Å². The standard InChI is InChI=1S/C10H17NO5S/c12-7-5-9(10(13)14)11(6-7)17(15,16)8-3-1-2-4-8/h7-9,12H,1-6H2,(H,13,14)/t7?,9-/m0/s1. The molecule has 6 nitrogen and oxygen atoms in total. The van der Waals surface area contributed by atoms with E-state index in [9.17, 15) is 18.3 Å². The zero-order chi connectivity index (χ0) is 12.6. The van der Waals surface area contributed by atoms with E-state index in [1.165, 1.54) is 0 Å². The molecule has 0 spiro atoms. The maximum absolute atomic E-state index is 12.2. The third-order valence-electron chi connectivity index (χ3n) is 3.57. The number of sulfonamides is 1. The molecule has 0 amide bonds. The molecule has 2 atom stereocenters. The number of β-amino-alcohol motifs (C(OH)–C–C–N with tert-alkyl or cyclic N) is 1. The highest BCUT2D eigenvalue weighted by Crippen LogP contribution is 2.31. The van der Waals surface area contributed by atoms with Crippen LogP contribution in [0.1, 0.15) is 32.1 Å². The van der Waals surface area contributed by atoms with E-state index in [0.717, 1.165) is 17.1 Å². The van der Waals surface area contributed by atoms with Gasteiger partial charge in [-0.1, -0.05) is 12.8 Å². The van der Waals surface area contributed by atoms with Crippen LogP contribution >= 0.6 is 0 Å². The molecule has 1 heterocycles. The fourth-order valence-corrected chi connectivity index (χ4v) is 4.89. The number of carboxylic acids is 1. The van der Waals surface area contributed by atoms with E-state index >= 15 is 0 Å². The lowest BCUT2D eigenvalue weighted by molar-refractivity contribution is -0.140. The minimum absolute atomic E-state index is 0.0126. The Bertz CT molecular complexity index is 401. The minimum atomic E-state index is -3.57. The minimum Gasteiger partial charge on any atom is -0.480 e. The van der Waals surface area contributed by atoms with Crippen LogP contribution in [-0.4, -0.2) is 52.8 Å². The Morgan fingerprint density at radius 1 is 1.24 bits per heavy atom. The summed E-state index contributed by atoms with van der Waals surface area (Å²) < 4.78 is 25.5. The second-order valence-electron chi connectivity index (χ2n) is 4.76. The first-order chi connectivity index (χ1) is 7.93. The zero-order valence-corrected chi connectivity index (χ0v) is 10.3. The van der Waals surface area contributed by atoms with Crippen LogP contribution in [0.3, 0.4) is 0 Å². The van der Waals surface area contributed by atoms with Crippen molar-refractivity contribution in [3.05, 3.63) is 0 Å². The van der Waals surface area contributed by atoms with E-state index in [1.807, 2.05) is 0 Å². The summed E-state index contributed by atoms with van der Waals surface area (Å²) in [6.45, 7) is -0.0875. The van der Waals surface area contributed by atoms with Gasteiger partial charge in [0.05, 0.1) is 11.4 Å². The van der Waals surface area contributed by atoms with E-state index in [0.29, 0.717) is 12.8 Å². The van der Waals surface area contributed by atoms with Gasteiger partial charge in [0.25, 0.3) is 0 Å². The van der Waals surface area contributed by atoms with Crippen molar-refractivity contribution < 1.29 is 23.4 Å². The molecule has 2 N–H and O–H groups in total. The monoisotopic (exact) mass is 263 g/mol. The molecule has 0 aromatic heterocycles. The lowest BCUT2D eigenvalue weighted by Gasteiger charge is -2.24. The summed E-state index contributed by atoms with van der Waals surface area (Å²) in [5.74, 6) is -1.18. The zero-order valence-electron chi connectivity index (χ0n) is 9.45. The number of carboxylic acid groups (broad SMARTS) is 1. The first-order valence-electron chi connectivity index (χ1n) is 5.84. The van der Waals surface area contributed by atoms with E-state index in [2.05, 4.69) is 0 Å². The Kier molecular flexibility index (Phi) is 3.42. The number of rotatable bonds is 3. The van der Waals surface area contributed by atoms with Crippen molar-refractivity contribution in [2.45, 2.75) is 49.5 Å². The third-order valence-corrected chi connectivity index (χ3v) is 5.94. The molecule has 0 aromatic rings. The number of carbonyl (C=O) groups is 1. The van der Waals surface area contributed by atoms with E-state index < -0.39 is 33.4 Å². The molecular formula is C10H17NO5S. The molecule has 1 saturated carbocycles. The van der Waals surface area contributed by atoms with Crippen LogP contribution in [-0.2, 0) is 14.8 Å². The Morgan fingerprint density at radius 2 is 1.82 bits per heavy atom. The van der Waals surface area contributed by atoms with Crippen molar-refractivity contribution in [3.63, 3.8) is 0 Å². The Morgan fingerprint density at radius 3 is 2.35 bits per heavy atom. The molecular weight excluding hydrogens is 246 g/mol. The summed E-state index contributed by atoms with van der Waals surface area (Å²) in [6.07, 6.45) is 2.06. The molecule has 1 unspecified atom stereocenters. The molecule has 2 aliphatic rings. The molecule has 17 heavy (non-hydrogen) atoms. The first-order valence-corrected chi connectivity index (χ1v) is 7.35. The molecule has 7 heteroatoms. The van der Waals surface area contributed by atoms with Gasteiger partial charge in [0, 0.05) is 13.0 Å². The highest BCUT2D eigenvalue weighted by Gasteiger charge is 2.46. The van der Waals surface area contributed by atoms with Crippen molar-refractivity contribution >= 4 is 16.0 Å². The van der Waals surface area contributed by atoms with Crippen molar-refractivity contribution in [1.29, 1.82) is 0 Å². The molecule has 0 aromatic carbocycles. The molecule has 0 bridgehead atoms. The quantitative estimate of drug-likeness (QED) is 0.734. The lowest BCUT2D eigenvalue weighted by atomic mass is 10.2. The van der Waals surface area contributed by atoms with Crippen LogP contribution < -0.4 is 0 Å². The Hall–Kier alpha value is -0.660. The molecule has 2 fully saturated rings. The van der Waals surface area contributed by atoms with Crippen LogP contribution in [0.25, 0.3) is 0 Å². The van der Waals surface area contributed by atoms with E-state index in [-0.39, 0.29) is 13.0 Å². The largest absolute Gasteiger partial charge is 0.480 e. The van der Waals surface area contributed by atoms with Gasteiger partial charge in [-0.3, -0.25) is 4.79 Å². The normalized spacial score (nSPS) is 32.1. The van der Waals surface area contributed by atoms with Crippen LogP contribution in [0.4, 0.5) is 0 Å². The van der Waals surface area contributed by atoms with Gasteiger partial charge in [-0.15, -0.1) is 0 Å². The highest BCUT2D eigenvalue weighted by atomic mass is 32.2. The highest BCUT2D eigenvalue weighted by molar-refractivity contribution is 7.89. The fourth-order valence-electron chi connectivity index (χ4n) is 2.67. The van der Waals surface area contributed by atoms with Crippen LogP contribution in [0.5, 0.6) is 0 Å². The Balaban J connectivity index is 2.22. The SMILES string of the molecule is O=C(O)[C@@H]1CC(O)CN1S(=O)(=O)C1CCCC1. The molecule has 2 rings (SSSR count). The average Bonchev–Trinajstić information content (AvgIpc) is 2.84. The predicted molar refractivity (Wildman–Crippen MR) is 59.9 cm³/mol. The lowest BCUT2D eigenvalue weighted by Crippen LogP contribution is -2.44. The summed E-state index contributed by atoms with van der Waals surface area (Å²) in [5, 5.41) is 18.0. The van der Waals surface area contributed by atoms with Gasteiger partial charge in [-0.25, -0.2) is 8.42 Å². The molecule has 1 aliphatic carbocycles. The Labute approximate surface area is 100 Å². The first kappa shape index (κ1) is 12.8. The molecule has 0 radical (unpaired) electrons. The van der Waals surface area contributed by atoms with Gasteiger partial charge in [0.15, 0.2) is 0 Å². The van der Waals surface area contributed by atoms with E-state index in [1.54, 1.807) is 0 Å². The maximum Gasteiger partial charge on any atom is 0.322 e. The van der Waals surface area contributed by atoms with Gasteiger partial charge in [-0.05, 0) is 12.8 Å². The van der Waals surface area contributed by atoms with Crippen molar-refractivity contribution in [2.75, 3.05) is 6.54 Å². The van der Waals surface area contributed by atoms with Gasteiger partial charge < -0.3 is 10.2 Å². The third kappa shape index (κ3) is 2.31. The van der Waals surface area contributed by atoms with Crippen LogP contribution in [0.2, 0.25) is 0 Å². The number of aliphatic carboxylic acids is 1. The maximum atomic E-state index is 12.2. The number of hydrogen-bond acceptors (Lipinski definition) is 4. The van der Waals surface area contributed by atoms with Crippen molar-refractivity contribution in [1.82, 2.24) is 4.31 Å². The summed E-state index contributed by atoms with van der Waals surface area (Å²) in [5.41, 5.74) is 0. The second-order valence-corrected chi connectivity index (χ2v) is 6.93. The summed E-state index contributed by atoms with van der Waals surface area (Å²) >= 11 is 0. The number of aliphatic hydroxyl groups is 1. The van der Waals surface area contributed by atoms with Crippen molar-refractivity contribution in [2.24, 2.45) is 0 Å². The molecule has 98 valence electrons. The van der Waals surface area contributed by atoms with Crippen LogP contribution in [0.15, 0.2) is 0 Å². The number of nitrogens with zero attached hydrogens (tertiary/aromatic N) is 1. The smallest absolute Gasteiger partial charge is 0.322 e. The fraction of sp³-hybridized carbons (Fsp3) is 0.900. The van der Waals surface area contributed by atoms with Gasteiger partial charge in [0.2, 0.25) is 10.0 Å². The van der Waals surface area contributed by atoms with E-state index in [4.69, 9.17) is 5.11 Å². The summed E-state index contributed by atoms with van der Waals surface area (Å²) in [6, 6.07) is -1.10. The number of hydrogen-bond donors (Lipinski definition) is 2. The molecule has 1 aliphatic heterocycles.